The van der Waals surface area contributed by atoms with Crippen LogP contribution < -0.4 is 0 Å². The molecule has 9 heavy (non-hydrogen) atoms. The Kier molecular flexibility index (Phi) is 0.659. The first kappa shape index (κ1) is 5.01. The van der Waals surface area contributed by atoms with E-state index in [1.165, 1.54) is 19.3 Å². The van der Waals surface area contributed by atoms with Gasteiger partial charge in [-0.25, -0.2) is 0 Å². The van der Waals surface area contributed by atoms with Crippen molar-refractivity contribution in [2.75, 3.05) is 5.88 Å². The zero-order valence-electron chi connectivity index (χ0n) is 5.44. The molecule has 0 N–H and O–H groups in total. The standard InChI is InChI=1S/C8H11Cl/c9-4-8-3-5-1-6(8)7(8)2-5/h5-7H,1-4H2/t5?,6-,7+,8?. The SMILES string of the molecule is ClCC12CC3C[C@@H]1[C@@H]2C3. The highest BCUT2D eigenvalue weighted by molar-refractivity contribution is 6.18. The van der Waals surface area contributed by atoms with Crippen molar-refractivity contribution < 1.29 is 0 Å². The van der Waals surface area contributed by atoms with E-state index in [-0.39, 0.29) is 0 Å². The number of alkyl halides is 1. The molecule has 0 radical (unpaired) electrons. The summed E-state index contributed by atoms with van der Waals surface area (Å²) >= 11 is 5.91. The van der Waals surface area contributed by atoms with Crippen LogP contribution in [0.3, 0.4) is 0 Å². The summed E-state index contributed by atoms with van der Waals surface area (Å²) in [6, 6.07) is 0. The highest BCUT2D eigenvalue weighted by atomic mass is 35.5. The van der Waals surface area contributed by atoms with E-state index in [1.807, 2.05) is 0 Å². The van der Waals surface area contributed by atoms with Crippen LogP contribution in [0.4, 0.5) is 0 Å². The van der Waals surface area contributed by atoms with Crippen LogP contribution in [0, 0.1) is 23.2 Å². The van der Waals surface area contributed by atoms with Crippen LogP contribution in [0.1, 0.15) is 19.3 Å². The maximum atomic E-state index is 5.91. The summed E-state index contributed by atoms with van der Waals surface area (Å²) in [5, 5.41) is 0. The maximum absolute atomic E-state index is 5.91. The fourth-order valence-corrected chi connectivity index (χ4v) is 4.05. The van der Waals surface area contributed by atoms with Gasteiger partial charge < -0.3 is 0 Å². The van der Waals surface area contributed by atoms with Crippen molar-refractivity contribution in [3.63, 3.8) is 0 Å². The molecule has 0 nitrogen and oxygen atoms in total. The van der Waals surface area contributed by atoms with Crippen molar-refractivity contribution in [2.24, 2.45) is 23.2 Å². The summed E-state index contributed by atoms with van der Waals surface area (Å²) < 4.78 is 0. The van der Waals surface area contributed by atoms with Gasteiger partial charge in [0.05, 0.1) is 0 Å². The van der Waals surface area contributed by atoms with Crippen molar-refractivity contribution in [2.45, 2.75) is 19.3 Å². The molecule has 0 aromatic heterocycles. The van der Waals surface area contributed by atoms with Gasteiger partial charge in [0.15, 0.2) is 0 Å². The van der Waals surface area contributed by atoms with E-state index in [9.17, 15) is 0 Å². The Bertz CT molecular complexity index is 152. The minimum absolute atomic E-state index is 0.701. The molecule has 1 heteroatoms. The molecule has 50 valence electrons. The van der Waals surface area contributed by atoms with Gasteiger partial charge in [-0.3, -0.25) is 0 Å². The van der Waals surface area contributed by atoms with E-state index in [1.54, 1.807) is 0 Å². The van der Waals surface area contributed by atoms with Crippen molar-refractivity contribution in [3.05, 3.63) is 0 Å². The molecule has 4 aliphatic carbocycles. The van der Waals surface area contributed by atoms with Crippen LogP contribution >= 0.6 is 11.6 Å². The minimum Gasteiger partial charge on any atom is -0.126 e. The number of rotatable bonds is 1. The molecule has 0 amide bonds. The van der Waals surface area contributed by atoms with Crippen molar-refractivity contribution in [1.82, 2.24) is 0 Å². The maximum Gasteiger partial charge on any atom is 0.0285 e. The van der Waals surface area contributed by atoms with Crippen LogP contribution in [-0.4, -0.2) is 5.88 Å². The van der Waals surface area contributed by atoms with Crippen molar-refractivity contribution in [3.8, 4) is 0 Å². The summed E-state index contributed by atoms with van der Waals surface area (Å²) in [6.45, 7) is 0. The number of hydrogen-bond acceptors (Lipinski definition) is 0. The van der Waals surface area contributed by atoms with Gasteiger partial charge in [-0.05, 0) is 42.4 Å². The molecule has 4 fully saturated rings. The first-order valence-electron chi connectivity index (χ1n) is 3.93. The zero-order valence-corrected chi connectivity index (χ0v) is 6.19. The normalized spacial score (nSPS) is 67.0. The van der Waals surface area contributed by atoms with Gasteiger partial charge in [-0.15, -0.1) is 11.6 Å². The lowest BCUT2D eigenvalue weighted by molar-refractivity contribution is 0.543. The first-order valence-corrected chi connectivity index (χ1v) is 4.46. The van der Waals surface area contributed by atoms with E-state index in [2.05, 4.69) is 0 Å². The van der Waals surface area contributed by atoms with E-state index in [4.69, 9.17) is 11.6 Å². The minimum atomic E-state index is 0.701. The largest absolute Gasteiger partial charge is 0.126 e. The van der Waals surface area contributed by atoms with E-state index < -0.39 is 0 Å². The highest BCUT2D eigenvalue weighted by Crippen LogP contribution is 2.79. The Hall–Kier alpha value is 0.290. The van der Waals surface area contributed by atoms with Crippen LogP contribution in [0.25, 0.3) is 0 Å². The average molecular weight is 143 g/mol. The zero-order chi connectivity index (χ0) is 6.06. The monoisotopic (exact) mass is 142 g/mol. The summed E-state index contributed by atoms with van der Waals surface area (Å²) in [7, 11) is 0. The summed E-state index contributed by atoms with van der Waals surface area (Å²) in [6.07, 6.45) is 4.53. The average Bonchev–Trinajstić information content (AvgIpc) is 2.44. The molecular formula is C8H11Cl. The highest BCUT2D eigenvalue weighted by Gasteiger charge is 2.73. The van der Waals surface area contributed by atoms with Gasteiger partial charge in [-0.2, -0.15) is 0 Å². The number of halogens is 1. The third kappa shape index (κ3) is 0.357. The molecule has 4 atom stereocenters. The van der Waals surface area contributed by atoms with Gasteiger partial charge in [-0.1, -0.05) is 0 Å². The molecule has 0 heterocycles. The quantitative estimate of drug-likeness (QED) is 0.493. The number of hydrogen-bond donors (Lipinski definition) is 0. The Balaban J connectivity index is 2.02. The van der Waals surface area contributed by atoms with Gasteiger partial charge >= 0.3 is 0 Å². The van der Waals surface area contributed by atoms with Gasteiger partial charge in [0.1, 0.15) is 0 Å². The van der Waals surface area contributed by atoms with Crippen LogP contribution in [0.5, 0.6) is 0 Å². The molecule has 4 rings (SSSR count). The fourth-order valence-electron chi connectivity index (χ4n) is 3.54. The van der Waals surface area contributed by atoms with Crippen molar-refractivity contribution in [1.29, 1.82) is 0 Å². The molecule has 4 bridgehead atoms. The molecule has 2 unspecified atom stereocenters. The Morgan fingerprint density at radius 3 is 2.22 bits per heavy atom. The second-order valence-corrected chi connectivity index (χ2v) is 4.39. The first-order chi connectivity index (χ1) is 4.37. The van der Waals surface area contributed by atoms with E-state index >= 15 is 0 Å². The van der Waals surface area contributed by atoms with Crippen molar-refractivity contribution >= 4 is 11.6 Å². The molecule has 0 spiro atoms. The van der Waals surface area contributed by atoms with Crippen LogP contribution in [-0.2, 0) is 0 Å². The van der Waals surface area contributed by atoms with Crippen LogP contribution in [0.15, 0.2) is 0 Å². The molecule has 0 aromatic carbocycles. The predicted molar refractivity (Wildman–Crippen MR) is 37.5 cm³/mol. The lowest BCUT2D eigenvalue weighted by atomic mass is 10.1. The predicted octanol–water partition coefficient (Wildman–Crippen LogP) is 2.27. The molecular weight excluding hydrogens is 132 g/mol. The van der Waals surface area contributed by atoms with Gasteiger partial charge in [0, 0.05) is 5.88 Å². The Labute approximate surface area is 60.6 Å². The third-order valence-electron chi connectivity index (χ3n) is 3.95. The molecule has 4 saturated carbocycles. The smallest absolute Gasteiger partial charge is 0.0285 e. The topological polar surface area (TPSA) is 0 Å². The van der Waals surface area contributed by atoms with Gasteiger partial charge in [0.25, 0.3) is 0 Å². The lowest BCUT2D eigenvalue weighted by Gasteiger charge is -2.02. The Morgan fingerprint density at radius 2 is 2.00 bits per heavy atom. The summed E-state index contributed by atoms with van der Waals surface area (Å²) in [5.74, 6) is 4.22. The third-order valence-corrected chi connectivity index (χ3v) is 4.44. The van der Waals surface area contributed by atoms with Gasteiger partial charge in [0.2, 0.25) is 0 Å². The Morgan fingerprint density at radius 1 is 1.33 bits per heavy atom. The summed E-state index contributed by atoms with van der Waals surface area (Å²) in [4.78, 5) is 0. The van der Waals surface area contributed by atoms with Crippen LogP contribution in [0.2, 0.25) is 0 Å². The second kappa shape index (κ2) is 1.18. The summed E-state index contributed by atoms with van der Waals surface area (Å²) in [5.41, 5.74) is 0.701. The molecule has 0 aromatic rings. The lowest BCUT2D eigenvalue weighted by Crippen LogP contribution is -1.99. The van der Waals surface area contributed by atoms with E-state index in [0.717, 1.165) is 23.6 Å². The molecule has 0 saturated heterocycles. The second-order valence-electron chi connectivity index (χ2n) is 4.12. The fraction of sp³-hybridized carbons (Fsp3) is 1.00. The molecule has 0 aliphatic heterocycles. The van der Waals surface area contributed by atoms with E-state index in [0.29, 0.717) is 5.41 Å². The molecule has 4 aliphatic rings.